The molecule has 8 heteroatoms. The molecule has 0 bridgehead atoms. The predicted octanol–water partition coefficient (Wildman–Crippen LogP) is -0.348. The van der Waals surface area contributed by atoms with Crippen molar-refractivity contribution in [2.24, 2.45) is 0 Å². The Balaban J connectivity index is 1.59. The highest BCUT2D eigenvalue weighted by atomic mass is 16.5. The summed E-state index contributed by atoms with van der Waals surface area (Å²) in [4.78, 5) is 2.39. The van der Waals surface area contributed by atoms with Crippen LogP contribution in [0.15, 0.2) is 12.1 Å². The minimum atomic E-state index is 0.305. The van der Waals surface area contributed by atoms with Crippen molar-refractivity contribution in [2.45, 2.75) is 13.0 Å². The number of nitrogens with one attached hydrogen (secondary N) is 1. The highest BCUT2D eigenvalue weighted by molar-refractivity contribution is 5.42. The van der Waals surface area contributed by atoms with E-state index in [0.29, 0.717) is 11.7 Å². The van der Waals surface area contributed by atoms with Crippen molar-refractivity contribution < 1.29 is 4.74 Å². The fourth-order valence-electron chi connectivity index (χ4n) is 2.20. The van der Waals surface area contributed by atoms with Crippen LogP contribution >= 0.6 is 0 Å². The second-order valence-corrected chi connectivity index (χ2v) is 4.70. The number of aromatic nitrogens is 5. The fourth-order valence-corrected chi connectivity index (χ4v) is 2.20. The summed E-state index contributed by atoms with van der Waals surface area (Å²) < 4.78 is 6.76. The molecule has 1 N–H and O–H groups in total. The first-order valence-corrected chi connectivity index (χ1v) is 6.43. The molecule has 0 amide bonds. The van der Waals surface area contributed by atoms with E-state index < -0.39 is 0 Å². The molecule has 1 saturated heterocycles. The number of fused-ring (bicyclic) bond motifs is 1. The van der Waals surface area contributed by atoms with E-state index in [0.717, 1.165) is 38.7 Å². The van der Waals surface area contributed by atoms with Crippen molar-refractivity contribution in [1.82, 2.24) is 30.2 Å². The first kappa shape index (κ1) is 12.2. The highest BCUT2D eigenvalue weighted by Crippen LogP contribution is 2.06. The summed E-state index contributed by atoms with van der Waals surface area (Å²) in [6.07, 6.45) is 0. The van der Waals surface area contributed by atoms with Gasteiger partial charge >= 0.3 is 0 Å². The van der Waals surface area contributed by atoms with Gasteiger partial charge in [-0.3, -0.25) is 4.90 Å². The number of hydrogen-bond acceptors (Lipinski definition) is 7. The van der Waals surface area contributed by atoms with Crippen molar-refractivity contribution in [3.05, 3.63) is 12.1 Å². The van der Waals surface area contributed by atoms with Crippen LogP contribution in [0.1, 0.15) is 6.92 Å². The van der Waals surface area contributed by atoms with Gasteiger partial charge in [-0.05, 0) is 29.5 Å². The van der Waals surface area contributed by atoms with Crippen LogP contribution in [-0.4, -0.2) is 69.0 Å². The zero-order chi connectivity index (χ0) is 13.1. The summed E-state index contributed by atoms with van der Waals surface area (Å²) in [5.41, 5.74) is 0.645. The summed E-state index contributed by atoms with van der Waals surface area (Å²) in [7, 11) is 0. The fraction of sp³-hybridized carbons (Fsp3) is 0.636. The second kappa shape index (κ2) is 5.45. The Morgan fingerprint density at radius 1 is 1.37 bits per heavy atom. The molecule has 1 aliphatic heterocycles. The number of hydrogen-bond donors (Lipinski definition) is 1. The summed E-state index contributed by atoms with van der Waals surface area (Å²) in [6.45, 7) is 6.74. The smallest absolute Gasteiger partial charge is 0.200 e. The number of nitrogens with zero attached hydrogens (tertiary/aromatic N) is 6. The number of rotatable bonds is 4. The monoisotopic (exact) mass is 263 g/mol. The van der Waals surface area contributed by atoms with Crippen LogP contribution in [0.4, 0.5) is 5.82 Å². The zero-order valence-corrected chi connectivity index (χ0v) is 10.9. The van der Waals surface area contributed by atoms with E-state index in [1.165, 1.54) is 4.63 Å². The average molecular weight is 263 g/mol. The molecule has 102 valence electrons. The summed E-state index contributed by atoms with van der Waals surface area (Å²) >= 11 is 0. The van der Waals surface area contributed by atoms with Crippen molar-refractivity contribution in [1.29, 1.82) is 0 Å². The molecule has 3 heterocycles. The van der Waals surface area contributed by atoms with Crippen molar-refractivity contribution in [3.63, 3.8) is 0 Å². The van der Waals surface area contributed by atoms with E-state index in [-0.39, 0.29) is 0 Å². The maximum Gasteiger partial charge on any atom is 0.200 e. The van der Waals surface area contributed by atoms with E-state index in [1.807, 2.05) is 12.1 Å². The van der Waals surface area contributed by atoms with Crippen LogP contribution in [0.5, 0.6) is 0 Å². The lowest BCUT2D eigenvalue weighted by atomic mass is 10.3. The van der Waals surface area contributed by atoms with Gasteiger partial charge in [-0.25, -0.2) is 0 Å². The van der Waals surface area contributed by atoms with Crippen LogP contribution in [0.3, 0.4) is 0 Å². The molecule has 0 aliphatic carbocycles. The first-order valence-electron chi connectivity index (χ1n) is 6.43. The lowest BCUT2D eigenvalue weighted by molar-refractivity contribution is 0.0368. The third kappa shape index (κ3) is 2.96. The molecule has 1 aliphatic rings. The molecular formula is C11H17N7O. The Morgan fingerprint density at radius 2 is 2.21 bits per heavy atom. The molecule has 19 heavy (non-hydrogen) atoms. The van der Waals surface area contributed by atoms with Crippen LogP contribution < -0.4 is 5.32 Å². The molecule has 3 rings (SSSR count). The number of ether oxygens (including phenoxy) is 1. The molecule has 1 unspecified atom stereocenters. The van der Waals surface area contributed by atoms with E-state index in [4.69, 9.17) is 4.74 Å². The van der Waals surface area contributed by atoms with Gasteiger partial charge in [-0.2, -0.15) is 0 Å². The molecule has 0 saturated carbocycles. The van der Waals surface area contributed by atoms with Gasteiger partial charge in [0.2, 0.25) is 0 Å². The normalized spacial score (nSPS) is 18.6. The van der Waals surface area contributed by atoms with Crippen molar-refractivity contribution in [3.8, 4) is 0 Å². The van der Waals surface area contributed by atoms with Crippen LogP contribution in [0.25, 0.3) is 5.65 Å². The van der Waals surface area contributed by atoms with Gasteiger partial charge in [0.15, 0.2) is 5.65 Å². The van der Waals surface area contributed by atoms with E-state index in [2.05, 4.69) is 37.8 Å². The third-order valence-electron chi connectivity index (χ3n) is 3.10. The third-order valence-corrected chi connectivity index (χ3v) is 3.10. The predicted molar refractivity (Wildman–Crippen MR) is 68.9 cm³/mol. The van der Waals surface area contributed by atoms with Gasteiger partial charge in [0, 0.05) is 25.7 Å². The molecule has 8 nitrogen and oxygen atoms in total. The SMILES string of the molecule is CC(CN1CCOCC1)Nc1ccc2nnnn2n1. The summed E-state index contributed by atoms with van der Waals surface area (Å²) in [6, 6.07) is 4.04. The van der Waals surface area contributed by atoms with E-state index in [1.54, 1.807) is 0 Å². The average Bonchev–Trinajstić information content (AvgIpc) is 2.87. The molecular weight excluding hydrogens is 246 g/mol. The molecule has 2 aromatic heterocycles. The van der Waals surface area contributed by atoms with Gasteiger partial charge in [-0.15, -0.1) is 14.8 Å². The van der Waals surface area contributed by atoms with Gasteiger partial charge in [0.25, 0.3) is 0 Å². The Labute approximate surface area is 110 Å². The van der Waals surface area contributed by atoms with E-state index >= 15 is 0 Å². The van der Waals surface area contributed by atoms with Crippen LogP contribution in [0, 0.1) is 0 Å². The highest BCUT2D eigenvalue weighted by Gasteiger charge is 2.14. The van der Waals surface area contributed by atoms with Crippen molar-refractivity contribution >= 4 is 11.5 Å². The Kier molecular flexibility index (Phi) is 3.51. The summed E-state index contributed by atoms with van der Waals surface area (Å²) in [5.74, 6) is 0.778. The standard InChI is InChI=1S/C11H17N7O/c1-9(8-17-4-6-19-7-5-17)12-10-2-3-11-13-15-16-18(11)14-10/h2-3,9H,4-8H2,1H3,(H,12,14). The molecule has 0 aromatic carbocycles. The quantitative estimate of drug-likeness (QED) is 0.807. The second-order valence-electron chi connectivity index (χ2n) is 4.70. The zero-order valence-electron chi connectivity index (χ0n) is 10.9. The van der Waals surface area contributed by atoms with Gasteiger partial charge in [-0.1, -0.05) is 0 Å². The molecule has 2 aromatic rings. The Hall–Kier alpha value is -1.80. The molecule has 0 radical (unpaired) electrons. The maximum absolute atomic E-state index is 5.34. The topological polar surface area (TPSA) is 80.5 Å². The van der Waals surface area contributed by atoms with Gasteiger partial charge in [0.1, 0.15) is 5.82 Å². The largest absolute Gasteiger partial charge is 0.379 e. The van der Waals surface area contributed by atoms with E-state index in [9.17, 15) is 0 Å². The van der Waals surface area contributed by atoms with Crippen LogP contribution in [-0.2, 0) is 4.74 Å². The lowest BCUT2D eigenvalue weighted by Crippen LogP contribution is -2.42. The lowest BCUT2D eigenvalue weighted by Gasteiger charge is -2.29. The maximum atomic E-state index is 5.34. The molecule has 1 atom stereocenters. The minimum Gasteiger partial charge on any atom is -0.379 e. The van der Waals surface area contributed by atoms with Crippen LogP contribution in [0.2, 0.25) is 0 Å². The molecule has 0 spiro atoms. The van der Waals surface area contributed by atoms with Gasteiger partial charge < -0.3 is 10.1 Å². The number of anilines is 1. The number of morpholine rings is 1. The number of tetrazole rings is 1. The Bertz CT molecular complexity index is 537. The molecule has 1 fully saturated rings. The summed E-state index contributed by atoms with van der Waals surface area (Å²) in [5, 5.41) is 18.8. The van der Waals surface area contributed by atoms with Crippen molar-refractivity contribution in [2.75, 3.05) is 38.2 Å². The minimum absolute atomic E-state index is 0.305. The van der Waals surface area contributed by atoms with Gasteiger partial charge in [0.05, 0.1) is 13.2 Å². The first-order chi connectivity index (χ1) is 9.31. The Morgan fingerprint density at radius 3 is 3.05 bits per heavy atom.